The zero-order chi connectivity index (χ0) is 107. The molecule has 0 unspecified atom stereocenters. The summed E-state index contributed by atoms with van der Waals surface area (Å²) in [6.45, 7) is 73.4. The summed E-state index contributed by atoms with van der Waals surface area (Å²) in [6, 6.07) is 31.6. The normalized spacial score (nSPS) is 14.3. The molecule has 710 valence electrons. The molecule has 50 heteroatoms. The lowest BCUT2D eigenvalue weighted by Gasteiger charge is -2.13. The quantitative estimate of drug-likeness (QED) is 0.0404. The van der Waals surface area contributed by atoms with E-state index in [0.29, 0.717) is 11.4 Å². The van der Waals surface area contributed by atoms with Gasteiger partial charge >= 0.3 is 17.6 Å². The Kier molecular flexibility index (Phi) is 25.6. The number of benzene rings is 10. The number of nitriles is 5. The molecule has 0 aliphatic carbocycles. The number of rotatable bonds is 10. The van der Waals surface area contributed by atoms with Crippen LogP contribution in [-0.2, 0) is 6.18 Å². The lowest BCUT2D eigenvalue weighted by Crippen LogP contribution is -2.26. The number of nitrogens with zero attached hydrogens (tertiary/aromatic N) is 35. The standard InChI is InChI=1S/C36H10F7N11.C33H13F3N12.C31H7F5N12/c1-13(45-2)32-48-21-8-6-18(29(46-3)30(21)51-32)35-53-33(14-9-15(37)11-16(38)10-14)52-34(54-35)17-5-7-20-28(19(17)12-44)50-36(49-20)31(47-4)22-23(39)25(41)27(43)26(42)24(22)40;1-15-10-17(12-18(11-15)33(34,35)36)29-46-30(19-6-8-22-25(21(19)13-37)44-32(43-22)24(14-38)40-4)48-31(47-29)20-7-9-23-27(26(20)41-5)45-28(42-23)16(2)39-3;1-11(39-2)27-42-16-8-6-13(25(41-4)26(16)45-27)29-46-28(47-31(48-29)18-19(32)21(34)23(36)22(35)20(18)33)12-5-7-15-24(14(12)9-37)44-30(43-15)17(10-38)40-3/h5-11H,1H3;6-12H,1-2H3;5-8H,1H3/b32-13-,36-31+;28-16-,32-24+;27-11-,30-17+. The van der Waals surface area contributed by atoms with Crippen molar-refractivity contribution in [3.05, 3.63) is 443 Å². The molecule has 13 aromatic rings. The Balaban J connectivity index is 0.000000153. The van der Waals surface area contributed by atoms with Crippen LogP contribution in [0.1, 0.15) is 54.2 Å². The van der Waals surface area contributed by atoms with Gasteiger partial charge in [0.15, 0.2) is 140 Å². The summed E-state index contributed by atoms with van der Waals surface area (Å²) in [5.41, 5.74) is -6.59. The molecular weight excluding hydrogens is 1980 g/mol. The average Bonchev–Trinajstić information content (AvgIpc) is 1.25. The number of aromatic nitrogens is 9. The van der Waals surface area contributed by atoms with Gasteiger partial charge in [0, 0.05) is 50.6 Å². The van der Waals surface area contributed by atoms with Gasteiger partial charge in [0.25, 0.3) is 0 Å². The van der Waals surface area contributed by atoms with Gasteiger partial charge in [0.05, 0.1) is 153 Å². The minimum atomic E-state index is -4.67. The number of fused-ring (bicyclic) bond motifs is 6. The van der Waals surface area contributed by atoms with Gasteiger partial charge in [-0.15, -0.1) is 0 Å². The molecular formula is C100H30F15N35. The fourth-order valence-corrected chi connectivity index (χ4v) is 14.9. The van der Waals surface area contributed by atoms with E-state index in [1.54, 1.807) is 18.2 Å². The Hall–Kier alpha value is -22.9. The van der Waals surface area contributed by atoms with E-state index in [9.17, 15) is 83.4 Å². The lowest BCUT2D eigenvalue weighted by atomic mass is 10.0. The second kappa shape index (κ2) is 38.9. The summed E-state index contributed by atoms with van der Waals surface area (Å²) in [4.78, 5) is 119. The highest BCUT2D eigenvalue weighted by Gasteiger charge is 2.37. The van der Waals surface area contributed by atoms with E-state index >= 15 is 8.78 Å². The van der Waals surface area contributed by atoms with Crippen molar-refractivity contribution in [2.75, 3.05) is 0 Å². The SMILES string of the molecule is [C-]#[N+]/C(C)=C1/N=c2ccc(-c3nc(-c4cc(C)cc(C(F)(F)F)c4)nc(-c4ccc5c(c4C#N)=N/C(=C(\C#N)[N+]#[C-])N=5)n3)c([N+]#[C-])c2=N1.[C-]#[N+]/C(C)=C1/N=c2ccc(-c3nc(-c4cc(F)cc(F)c4)nc(-c4ccc5c(c4C#N)=N/C(=C(/[N+]#[C-])c4c(F)c(F)c(F)c(F)c4F)N=5)n3)c([N+]#[C-])c2=N1.[C-]#[N+]/C(C)=C1/N=c2ccc(-c3nc(-c4ccc5c(c4C#N)=N/C(=C(\C#N)[N+]#[C-])N=5)nc(-c4c(F)c(F)c(F)c(F)c4F)n3)c([N+]#[C-])c2=N1. The molecule has 0 amide bonds. The Morgan fingerprint density at radius 2 is 0.567 bits per heavy atom. The van der Waals surface area contributed by atoms with E-state index in [-0.39, 0.29) is 230 Å². The fourth-order valence-electron chi connectivity index (χ4n) is 14.9. The number of aryl methyl sites for hydroxylation is 1. The first-order chi connectivity index (χ1) is 71.9. The Labute approximate surface area is 825 Å². The van der Waals surface area contributed by atoms with Crippen LogP contribution >= 0.6 is 0 Å². The van der Waals surface area contributed by atoms with Crippen LogP contribution in [0.15, 0.2) is 233 Å². The number of allylic oxidation sites excluding steroid dienone is 5. The van der Waals surface area contributed by atoms with Gasteiger partial charge in [0.2, 0.25) is 45.7 Å². The highest BCUT2D eigenvalue weighted by atomic mass is 19.4. The average molecular weight is 2010 g/mol. The number of alkyl halides is 3. The van der Waals surface area contributed by atoms with Crippen molar-refractivity contribution in [3.8, 4) is 133 Å². The minimum absolute atomic E-state index is 0.00308. The van der Waals surface area contributed by atoms with E-state index < -0.39 is 127 Å². The largest absolute Gasteiger partial charge is 0.416 e. The van der Waals surface area contributed by atoms with E-state index in [2.05, 4.69) is 148 Å². The van der Waals surface area contributed by atoms with E-state index in [1.807, 2.05) is 18.2 Å². The van der Waals surface area contributed by atoms with Crippen molar-refractivity contribution < 1.29 is 65.9 Å². The fraction of sp³-hybridized carbons (Fsp3) is 0.0500. The van der Waals surface area contributed by atoms with Crippen molar-refractivity contribution in [1.29, 1.82) is 26.3 Å². The van der Waals surface area contributed by atoms with Crippen LogP contribution in [0.3, 0.4) is 0 Å². The van der Waals surface area contributed by atoms with Crippen LogP contribution in [0.2, 0.25) is 0 Å². The van der Waals surface area contributed by atoms with Crippen LogP contribution < -0.4 is 64.3 Å². The molecule has 0 N–H and O–H groups in total. The maximum atomic E-state index is 15.1. The van der Waals surface area contributed by atoms with Crippen LogP contribution in [0.25, 0.3) is 152 Å². The molecule has 0 fully saturated rings. The molecule has 10 aromatic carbocycles. The van der Waals surface area contributed by atoms with Crippen molar-refractivity contribution in [3.63, 3.8) is 0 Å². The predicted octanol–water partition coefficient (Wildman–Crippen LogP) is 15.2. The van der Waals surface area contributed by atoms with Crippen LogP contribution in [0, 0.1) is 193 Å². The monoisotopic (exact) mass is 2010 g/mol. The number of hydrogen-bond acceptors (Lipinski definition) is 26. The summed E-state index contributed by atoms with van der Waals surface area (Å²) in [7, 11) is 0. The molecule has 9 heterocycles. The highest BCUT2D eigenvalue weighted by Crippen LogP contribution is 2.41. The molecule has 3 aromatic heterocycles. The number of halogens is 15. The second-order valence-corrected chi connectivity index (χ2v) is 30.8. The van der Waals surface area contributed by atoms with Gasteiger partial charge < -0.3 is 0 Å². The molecule has 0 spiro atoms. The summed E-state index contributed by atoms with van der Waals surface area (Å²) >= 11 is 0. The summed E-state index contributed by atoms with van der Waals surface area (Å²) < 4.78 is 214. The van der Waals surface area contributed by atoms with E-state index in [0.717, 1.165) is 24.3 Å². The third-order valence-electron chi connectivity index (χ3n) is 21.9. The first-order valence-corrected chi connectivity index (χ1v) is 41.3. The first kappa shape index (κ1) is 98.7. The van der Waals surface area contributed by atoms with Crippen LogP contribution in [0.5, 0.6) is 0 Å². The van der Waals surface area contributed by atoms with E-state index in [1.165, 1.54) is 100 Å². The first-order valence-electron chi connectivity index (χ1n) is 41.3. The van der Waals surface area contributed by atoms with Crippen molar-refractivity contribution in [2.24, 2.45) is 59.9 Å². The number of hydrogen-bond donors (Lipinski definition) is 0. The van der Waals surface area contributed by atoms with Gasteiger partial charge in [-0.25, -0.2) is 197 Å². The molecule has 0 bridgehead atoms. The summed E-state index contributed by atoms with van der Waals surface area (Å²) in [6.07, 6.45) is -4.67. The molecule has 6 aliphatic heterocycles. The third-order valence-corrected chi connectivity index (χ3v) is 21.9. The maximum Gasteiger partial charge on any atom is 0.416 e. The molecule has 19 rings (SSSR count). The zero-order valence-electron chi connectivity index (χ0n) is 74.7. The zero-order valence-corrected chi connectivity index (χ0v) is 74.7. The molecule has 0 saturated carbocycles. The molecule has 6 aliphatic rings. The Bertz CT molecular complexity index is 10300. The van der Waals surface area contributed by atoms with Gasteiger partial charge in [0.1, 0.15) is 45.9 Å². The molecule has 150 heavy (non-hydrogen) atoms. The molecule has 0 radical (unpaired) electrons. The van der Waals surface area contributed by atoms with Gasteiger partial charge in [-0.05, 0) is 118 Å². The topological polar surface area (TPSA) is 423 Å². The van der Waals surface area contributed by atoms with Crippen molar-refractivity contribution in [2.45, 2.75) is 33.9 Å². The van der Waals surface area contributed by atoms with Gasteiger partial charge in [-0.2, -0.15) is 29.0 Å². The predicted molar refractivity (Wildman–Crippen MR) is 481 cm³/mol. The summed E-state index contributed by atoms with van der Waals surface area (Å²) in [5, 5.41) is 50.0. The lowest BCUT2D eigenvalue weighted by molar-refractivity contribution is -0.137. The maximum absolute atomic E-state index is 15.1. The summed E-state index contributed by atoms with van der Waals surface area (Å²) in [5.74, 6) is -29.4. The van der Waals surface area contributed by atoms with E-state index in [4.69, 9.17) is 59.1 Å². The minimum Gasteiger partial charge on any atom is -0.251 e. The molecule has 0 atom stereocenters. The smallest absolute Gasteiger partial charge is 0.251 e. The van der Waals surface area contributed by atoms with Crippen LogP contribution in [-0.4, -0.2) is 44.9 Å². The van der Waals surface area contributed by atoms with Gasteiger partial charge in [-0.3, -0.25) is 15.0 Å². The van der Waals surface area contributed by atoms with Crippen LogP contribution in [0.4, 0.5) is 82.9 Å². The molecule has 0 saturated heterocycles. The van der Waals surface area contributed by atoms with Gasteiger partial charge in [-0.1, -0.05) is 18.2 Å². The Morgan fingerprint density at radius 3 is 0.880 bits per heavy atom. The van der Waals surface area contributed by atoms with Crippen molar-refractivity contribution >= 4 is 22.8 Å². The second-order valence-electron chi connectivity index (χ2n) is 30.8. The highest BCUT2D eigenvalue weighted by molar-refractivity contribution is 5.82. The molecule has 35 nitrogen and oxygen atoms in total. The Morgan fingerprint density at radius 1 is 0.287 bits per heavy atom. The third kappa shape index (κ3) is 17.4. The van der Waals surface area contributed by atoms with Crippen molar-refractivity contribution in [1.82, 2.24) is 44.9 Å².